The van der Waals surface area contributed by atoms with E-state index in [1.807, 2.05) is 19.1 Å². The van der Waals surface area contributed by atoms with Crippen LogP contribution < -0.4 is 15.4 Å². The van der Waals surface area contributed by atoms with Gasteiger partial charge in [0.1, 0.15) is 5.75 Å². The van der Waals surface area contributed by atoms with Crippen LogP contribution in [0.4, 0.5) is 11.4 Å². The van der Waals surface area contributed by atoms with Crippen LogP contribution in [-0.2, 0) is 0 Å². The lowest BCUT2D eigenvalue weighted by Gasteiger charge is -2.32. The summed E-state index contributed by atoms with van der Waals surface area (Å²) < 4.78 is 5.62. The topological polar surface area (TPSA) is 38.5 Å². The third kappa shape index (κ3) is 3.14. The van der Waals surface area contributed by atoms with Crippen LogP contribution in [0.15, 0.2) is 18.2 Å². The molecule has 3 nitrogen and oxygen atoms in total. The van der Waals surface area contributed by atoms with Gasteiger partial charge in [0.05, 0.1) is 18.0 Å². The van der Waals surface area contributed by atoms with Crippen molar-refractivity contribution < 1.29 is 4.74 Å². The van der Waals surface area contributed by atoms with Crippen molar-refractivity contribution in [3.8, 4) is 5.75 Å². The highest BCUT2D eigenvalue weighted by Gasteiger charge is 2.22. The highest BCUT2D eigenvalue weighted by atomic mass is 16.5. The zero-order chi connectivity index (χ0) is 13.7. The molecule has 0 aromatic heterocycles. The highest BCUT2D eigenvalue weighted by Crippen LogP contribution is 2.35. The maximum atomic E-state index is 6.30. The van der Waals surface area contributed by atoms with E-state index in [0.717, 1.165) is 23.7 Å². The minimum atomic E-state index is 0.613. The Morgan fingerprint density at radius 2 is 2.11 bits per heavy atom. The molecule has 19 heavy (non-hydrogen) atoms. The molecule has 1 atom stereocenters. The van der Waals surface area contributed by atoms with Gasteiger partial charge in [-0.25, -0.2) is 0 Å². The number of nitrogens with two attached hydrogens (primary N) is 1. The maximum absolute atomic E-state index is 6.30. The lowest BCUT2D eigenvalue weighted by Crippen LogP contribution is -2.34. The Balaban J connectivity index is 2.30. The van der Waals surface area contributed by atoms with Crippen molar-refractivity contribution in [2.24, 2.45) is 0 Å². The first-order valence-electron chi connectivity index (χ1n) is 7.55. The molecule has 1 unspecified atom stereocenters. The number of ether oxygens (including phenoxy) is 1. The van der Waals surface area contributed by atoms with Crippen LogP contribution in [0.3, 0.4) is 0 Å². The number of hydrogen-bond acceptors (Lipinski definition) is 3. The minimum Gasteiger partial charge on any atom is -0.492 e. The largest absolute Gasteiger partial charge is 0.492 e. The lowest BCUT2D eigenvalue weighted by molar-refractivity contribution is 0.342. The number of para-hydroxylation sites is 1. The van der Waals surface area contributed by atoms with Gasteiger partial charge in [0.2, 0.25) is 0 Å². The normalized spacial score (nSPS) is 20.1. The number of anilines is 2. The summed E-state index contributed by atoms with van der Waals surface area (Å²) in [6, 6.07) is 6.75. The molecule has 0 bridgehead atoms. The molecule has 1 aliphatic heterocycles. The SMILES string of the molecule is CCOc1cccc(N2CCCCCC2CC)c1N. The smallest absolute Gasteiger partial charge is 0.144 e. The van der Waals surface area contributed by atoms with E-state index < -0.39 is 0 Å². The molecule has 1 aliphatic rings. The van der Waals surface area contributed by atoms with E-state index in [1.54, 1.807) is 0 Å². The molecule has 1 aromatic rings. The minimum absolute atomic E-state index is 0.613. The molecular weight excluding hydrogens is 236 g/mol. The Morgan fingerprint density at radius 3 is 2.84 bits per heavy atom. The molecule has 1 heterocycles. The summed E-state index contributed by atoms with van der Waals surface area (Å²) in [6.07, 6.45) is 6.38. The van der Waals surface area contributed by atoms with Gasteiger partial charge in [-0.2, -0.15) is 0 Å². The van der Waals surface area contributed by atoms with Gasteiger partial charge in [0.15, 0.2) is 0 Å². The quantitative estimate of drug-likeness (QED) is 0.838. The first-order valence-corrected chi connectivity index (χ1v) is 7.55. The van der Waals surface area contributed by atoms with Crippen LogP contribution in [0.1, 0.15) is 46.0 Å². The van der Waals surface area contributed by atoms with Gasteiger partial charge in [-0.3, -0.25) is 0 Å². The van der Waals surface area contributed by atoms with Gasteiger partial charge in [-0.15, -0.1) is 0 Å². The second-order valence-corrected chi connectivity index (χ2v) is 5.23. The standard InChI is InChI=1S/C16H26N2O/c1-3-13-9-6-5-7-12-18(13)14-10-8-11-15(16(14)17)19-4-2/h8,10-11,13H,3-7,9,12,17H2,1-2H3. The third-order valence-corrected chi connectivity index (χ3v) is 4.00. The Labute approximate surface area is 116 Å². The Morgan fingerprint density at radius 1 is 1.26 bits per heavy atom. The molecule has 0 aliphatic carbocycles. The second kappa shape index (κ2) is 6.69. The Kier molecular flexibility index (Phi) is 4.94. The molecule has 1 aromatic carbocycles. The van der Waals surface area contributed by atoms with Crippen LogP contribution in [-0.4, -0.2) is 19.2 Å². The third-order valence-electron chi connectivity index (χ3n) is 4.00. The number of rotatable bonds is 4. The fourth-order valence-corrected chi connectivity index (χ4v) is 2.98. The van der Waals surface area contributed by atoms with Crippen molar-refractivity contribution in [2.75, 3.05) is 23.8 Å². The zero-order valence-electron chi connectivity index (χ0n) is 12.2. The van der Waals surface area contributed by atoms with Crippen molar-refractivity contribution in [1.82, 2.24) is 0 Å². The summed E-state index contributed by atoms with van der Waals surface area (Å²) >= 11 is 0. The summed E-state index contributed by atoms with van der Waals surface area (Å²) in [7, 11) is 0. The molecule has 106 valence electrons. The second-order valence-electron chi connectivity index (χ2n) is 5.23. The van der Waals surface area contributed by atoms with Crippen molar-refractivity contribution in [3.05, 3.63) is 18.2 Å². The van der Waals surface area contributed by atoms with E-state index in [-0.39, 0.29) is 0 Å². The summed E-state index contributed by atoms with van der Waals surface area (Å²) in [4.78, 5) is 2.49. The monoisotopic (exact) mass is 262 g/mol. The Hall–Kier alpha value is -1.38. The van der Waals surface area contributed by atoms with Crippen LogP contribution in [0.2, 0.25) is 0 Å². The first-order chi connectivity index (χ1) is 9.27. The lowest BCUT2D eigenvalue weighted by atomic mass is 10.1. The van der Waals surface area contributed by atoms with E-state index in [2.05, 4.69) is 17.9 Å². The van der Waals surface area contributed by atoms with Gasteiger partial charge in [-0.1, -0.05) is 25.8 Å². The van der Waals surface area contributed by atoms with Gasteiger partial charge in [-0.05, 0) is 38.3 Å². The van der Waals surface area contributed by atoms with Crippen LogP contribution >= 0.6 is 0 Å². The average molecular weight is 262 g/mol. The summed E-state index contributed by atoms with van der Waals surface area (Å²) in [6.45, 7) is 6.03. The van der Waals surface area contributed by atoms with Crippen molar-refractivity contribution in [2.45, 2.75) is 52.0 Å². The molecule has 0 amide bonds. The Bertz CT molecular complexity index is 406. The summed E-state index contributed by atoms with van der Waals surface area (Å²) in [5.41, 5.74) is 8.25. The van der Waals surface area contributed by atoms with Gasteiger partial charge in [0, 0.05) is 12.6 Å². The number of benzene rings is 1. The van der Waals surface area contributed by atoms with E-state index in [4.69, 9.17) is 10.5 Å². The van der Waals surface area contributed by atoms with Crippen molar-refractivity contribution >= 4 is 11.4 Å². The number of nitrogen functional groups attached to an aromatic ring is 1. The predicted molar refractivity (Wildman–Crippen MR) is 81.9 cm³/mol. The van der Waals surface area contributed by atoms with Gasteiger partial charge >= 0.3 is 0 Å². The maximum Gasteiger partial charge on any atom is 0.144 e. The van der Waals surface area contributed by atoms with Crippen LogP contribution in [0.25, 0.3) is 0 Å². The highest BCUT2D eigenvalue weighted by molar-refractivity contribution is 5.74. The van der Waals surface area contributed by atoms with E-state index in [9.17, 15) is 0 Å². The molecule has 0 spiro atoms. The average Bonchev–Trinajstić information content (AvgIpc) is 2.66. The molecule has 1 fully saturated rings. The molecule has 1 saturated heterocycles. The van der Waals surface area contributed by atoms with Crippen LogP contribution in [0.5, 0.6) is 5.75 Å². The zero-order valence-corrected chi connectivity index (χ0v) is 12.2. The molecular formula is C16H26N2O. The molecule has 3 heteroatoms. The van der Waals surface area contributed by atoms with Crippen LogP contribution in [0, 0.1) is 0 Å². The summed E-state index contributed by atoms with van der Waals surface area (Å²) in [5, 5.41) is 0. The van der Waals surface area contributed by atoms with E-state index >= 15 is 0 Å². The van der Waals surface area contributed by atoms with E-state index in [1.165, 1.54) is 32.1 Å². The van der Waals surface area contributed by atoms with Crippen molar-refractivity contribution in [1.29, 1.82) is 0 Å². The fourth-order valence-electron chi connectivity index (χ4n) is 2.98. The van der Waals surface area contributed by atoms with Crippen molar-refractivity contribution in [3.63, 3.8) is 0 Å². The van der Waals surface area contributed by atoms with Gasteiger partial charge < -0.3 is 15.4 Å². The predicted octanol–water partition coefficient (Wildman–Crippen LogP) is 3.83. The molecule has 2 N–H and O–H groups in total. The molecule has 2 rings (SSSR count). The molecule has 0 radical (unpaired) electrons. The number of hydrogen-bond donors (Lipinski definition) is 1. The fraction of sp³-hybridized carbons (Fsp3) is 0.625. The van der Waals surface area contributed by atoms with Gasteiger partial charge in [0.25, 0.3) is 0 Å². The summed E-state index contributed by atoms with van der Waals surface area (Å²) in [5.74, 6) is 0.819. The van der Waals surface area contributed by atoms with E-state index in [0.29, 0.717) is 12.6 Å². The molecule has 0 saturated carbocycles. The number of nitrogens with zero attached hydrogens (tertiary/aromatic N) is 1. The first kappa shape index (κ1) is 14.0.